The van der Waals surface area contributed by atoms with Gasteiger partial charge in [-0.15, -0.1) is 0 Å². The third-order valence-electron chi connectivity index (χ3n) is 4.52. The summed E-state index contributed by atoms with van der Waals surface area (Å²) in [6.45, 7) is 5.24. The molecule has 0 aliphatic rings. The maximum absolute atomic E-state index is 13.1. The molecule has 0 spiro atoms. The molecule has 1 unspecified atom stereocenters. The van der Waals surface area contributed by atoms with E-state index in [-0.39, 0.29) is 24.2 Å². The summed E-state index contributed by atoms with van der Waals surface area (Å²) in [6, 6.07) is 14.7. The number of nitrogens with one attached hydrogen (secondary N) is 2. The molecule has 2 N–H and O–H groups in total. The van der Waals surface area contributed by atoms with Crippen LogP contribution in [0.4, 0.5) is 10.1 Å². The quantitative estimate of drug-likeness (QED) is 0.744. The number of carbonyl (C=O) groups is 2. The van der Waals surface area contributed by atoms with Gasteiger partial charge in [0.1, 0.15) is 5.82 Å². The summed E-state index contributed by atoms with van der Waals surface area (Å²) in [5, 5.41) is 2.75. The lowest BCUT2D eigenvalue weighted by atomic mass is 10.0. The third-order valence-corrected chi connectivity index (χ3v) is 4.52. The van der Waals surface area contributed by atoms with Crippen molar-refractivity contribution in [2.45, 2.75) is 19.9 Å². The lowest BCUT2D eigenvalue weighted by molar-refractivity contribution is -0.894. The van der Waals surface area contributed by atoms with Gasteiger partial charge in [-0.2, -0.15) is 0 Å². The summed E-state index contributed by atoms with van der Waals surface area (Å²) in [6.07, 6.45) is 0. The van der Waals surface area contributed by atoms with Crippen LogP contribution in [0.5, 0.6) is 0 Å². The molecule has 144 valence electrons. The number of halogens is 1. The summed E-state index contributed by atoms with van der Waals surface area (Å²) in [5.74, 6) is -0.588. The van der Waals surface area contributed by atoms with E-state index in [0.717, 1.165) is 10.5 Å². The first kappa shape index (κ1) is 20.6. The normalized spacial score (nSPS) is 12.9. The third kappa shape index (κ3) is 5.62. The number of hydrogen-bond donors (Lipinski definition) is 2. The van der Waals surface area contributed by atoms with E-state index in [1.165, 1.54) is 24.3 Å². The molecule has 2 rings (SSSR count). The Hall–Kier alpha value is -2.73. The highest BCUT2D eigenvalue weighted by molar-refractivity contribution is 5.91. The van der Waals surface area contributed by atoms with Crippen molar-refractivity contribution >= 4 is 17.5 Å². The van der Waals surface area contributed by atoms with E-state index in [2.05, 4.69) is 5.32 Å². The van der Waals surface area contributed by atoms with Crippen LogP contribution < -0.4 is 10.2 Å². The molecule has 27 heavy (non-hydrogen) atoms. The van der Waals surface area contributed by atoms with Gasteiger partial charge in [0.05, 0.1) is 7.05 Å². The molecule has 0 aliphatic heterocycles. The molecule has 6 heteroatoms. The van der Waals surface area contributed by atoms with Crippen LogP contribution in [0.3, 0.4) is 0 Å². The minimum atomic E-state index is -0.468. The van der Waals surface area contributed by atoms with Crippen LogP contribution in [0.2, 0.25) is 0 Å². The molecule has 0 bridgehead atoms. The highest BCUT2D eigenvalue weighted by Gasteiger charge is 2.33. The second-order valence-electron chi connectivity index (χ2n) is 6.43. The van der Waals surface area contributed by atoms with Crippen molar-refractivity contribution in [1.29, 1.82) is 0 Å². The predicted octanol–water partition coefficient (Wildman–Crippen LogP) is 1.89. The zero-order chi connectivity index (χ0) is 19.8. The van der Waals surface area contributed by atoms with Gasteiger partial charge in [0.15, 0.2) is 12.6 Å². The molecule has 0 fully saturated rings. The highest BCUT2D eigenvalue weighted by atomic mass is 19.1. The van der Waals surface area contributed by atoms with Crippen LogP contribution >= 0.6 is 0 Å². The van der Waals surface area contributed by atoms with E-state index in [1.54, 1.807) is 4.90 Å². The number of anilines is 1. The Labute approximate surface area is 159 Å². The van der Waals surface area contributed by atoms with Crippen LogP contribution in [-0.4, -0.2) is 43.4 Å². The molecule has 0 radical (unpaired) electrons. The maximum atomic E-state index is 13.1. The molecule has 0 saturated carbocycles. The number of nitrogens with zero attached hydrogens (tertiary/aromatic N) is 1. The predicted molar refractivity (Wildman–Crippen MR) is 104 cm³/mol. The molecule has 2 atom stereocenters. The lowest BCUT2D eigenvalue weighted by Gasteiger charge is -2.29. The van der Waals surface area contributed by atoms with Gasteiger partial charge in [0.25, 0.3) is 11.8 Å². The van der Waals surface area contributed by atoms with Gasteiger partial charge in [-0.1, -0.05) is 30.3 Å². The SMILES string of the molecule is CCN(CC)C(=O)[C@H](c1ccccc1)[NH+](C)CC(=O)Nc1ccc(F)cc1. The first-order valence-corrected chi connectivity index (χ1v) is 9.17. The van der Waals surface area contributed by atoms with Crippen molar-refractivity contribution < 1.29 is 18.9 Å². The minimum absolute atomic E-state index is 0.00159. The Kier molecular flexibility index (Phi) is 7.49. The van der Waals surface area contributed by atoms with Gasteiger partial charge in [0, 0.05) is 24.3 Å². The van der Waals surface area contributed by atoms with Crippen molar-refractivity contribution in [3.8, 4) is 0 Å². The summed E-state index contributed by atoms with van der Waals surface area (Å²) >= 11 is 0. The Morgan fingerprint density at radius 1 is 1.04 bits per heavy atom. The highest BCUT2D eigenvalue weighted by Crippen LogP contribution is 2.13. The monoisotopic (exact) mass is 372 g/mol. The fraction of sp³-hybridized carbons (Fsp3) is 0.333. The summed E-state index contributed by atoms with van der Waals surface area (Å²) in [4.78, 5) is 28.0. The van der Waals surface area contributed by atoms with Crippen LogP contribution in [0.15, 0.2) is 54.6 Å². The van der Waals surface area contributed by atoms with E-state index in [4.69, 9.17) is 0 Å². The molecule has 2 aromatic rings. The van der Waals surface area contributed by atoms with Gasteiger partial charge in [-0.25, -0.2) is 4.39 Å². The Morgan fingerprint density at radius 3 is 2.19 bits per heavy atom. The van der Waals surface area contributed by atoms with Gasteiger partial charge in [0.2, 0.25) is 0 Å². The van der Waals surface area contributed by atoms with Crippen molar-refractivity contribution in [2.24, 2.45) is 0 Å². The van der Waals surface area contributed by atoms with Gasteiger partial charge < -0.3 is 15.1 Å². The number of likely N-dealkylation sites (N-methyl/N-ethyl adjacent to an activating group) is 2. The first-order valence-electron chi connectivity index (χ1n) is 9.17. The zero-order valence-electron chi connectivity index (χ0n) is 16.0. The molecular weight excluding hydrogens is 345 g/mol. The van der Waals surface area contributed by atoms with Crippen LogP contribution in [0.25, 0.3) is 0 Å². The van der Waals surface area contributed by atoms with Crippen LogP contribution in [0, 0.1) is 5.82 Å². The molecule has 5 nitrogen and oxygen atoms in total. The van der Waals surface area contributed by atoms with Crippen LogP contribution in [-0.2, 0) is 9.59 Å². The van der Waals surface area contributed by atoms with E-state index in [9.17, 15) is 14.0 Å². The number of benzene rings is 2. The van der Waals surface area contributed by atoms with E-state index >= 15 is 0 Å². The molecule has 0 saturated heterocycles. The second kappa shape index (κ2) is 9.83. The zero-order valence-corrected chi connectivity index (χ0v) is 16.0. The Bertz CT molecular complexity index is 746. The minimum Gasteiger partial charge on any atom is -0.338 e. The fourth-order valence-electron chi connectivity index (χ4n) is 3.09. The van der Waals surface area contributed by atoms with Crippen molar-refractivity contribution in [2.75, 3.05) is 32.0 Å². The summed E-state index contributed by atoms with van der Waals surface area (Å²) in [7, 11) is 1.84. The molecule has 2 aromatic carbocycles. The van der Waals surface area contributed by atoms with E-state index in [0.29, 0.717) is 18.8 Å². The van der Waals surface area contributed by atoms with Crippen LogP contribution in [0.1, 0.15) is 25.5 Å². The van der Waals surface area contributed by atoms with Gasteiger partial charge >= 0.3 is 0 Å². The standard InChI is InChI=1S/C21H26FN3O2/c1-4-25(5-2)21(27)20(16-9-7-6-8-10-16)24(3)15-19(26)23-18-13-11-17(22)12-14-18/h6-14,20H,4-5,15H2,1-3H3,(H,23,26)/p+1/t20-/m0/s1. The van der Waals surface area contributed by atoms with Crippen molar-refractivity contribution in [3.05, 3.63) is 66.0 Å². The lowest BCUT2D eigenvalue weighted by Crippen LogP contribution is -3.11. The van der Waals surface area contributed by atoms with Gasteiger partial charge in [-0.3, -0.25) is 9.59 Å². The summed E-state index contributed by atoms with van der Waals surface area (Å²) < 4.78 is 13.0. The average Bonchev–Trinajstić information content (AvgIpc) is 2.65. The number of amides is 2. The van der Waals surface area contributed by atoms with E-state index < -0.39 is 6.04 Å². The fourth-order valence-corrected chi connectivity index (χ4v) is 3.09. The van der Waals surface area contributed by atoms with Gasteiger partial charge in [-0.05, 0) is 38.1 Å². The molecule has 2 amide bonds. The topological polar surface area (TPSA) is 53.9 Å². The largest absolute Gasteiger partial charge is 0.338 e. The molecule has 0 aliphatic carbocycles. The first-order chi connectivity index (χ1) is 13.0. The number of hydrogen-bond acceptors (Lipinski definition) is 2. The van der Waals surface area contributed by atoms with Crippen molar-refractivity contribution in [1.82, 2.24) is 4.90 Å². The molecule has 0 heterocycles. The Morgan fingerprint density at radius 2 is 1.63 bits per heavy atom. The number of quaternary nitrogens is 1. The van der Waals surface area contributed by atoms with Crippen molar-refractivity contribution in [3.63, 3.8) is 0 Å². The molecule has 0 aromatic heterocycles. The molecular formula is C21H27FN3O2+. The number of rotatable bonds is 8. The Balaban J connectivity index is 2.15. The van der Waals surface area contributed by atoms with E-state index in [1.807, 2.05) is 51.2 Å². The average molecular weight is 372 g/mol. The second-order valence-corrected chi connectivity index (χ2v) is 6.43. The summed E-state index contributed by atoms with van der Waals surface area (Å²) in [5.41, 5.74) is 1.40. The number of carbonyl (C=O) groups excluding carboxylic acids is 2. The smallest absolute Gasteiger partial charge is 0.285 e. The maximum Gasteiger partial charge on any atom is 0.285 e.